The summed E-state index contributed by atoms with van der Waals surface area (Å²) >= 11 is 6.17. The molecule has 1 unspecified atom stereocenters. The second-order valence-electron chi connectivity index (χ2n) is 9.39. The minimum absolute atomic E-state index is 0.0413. The third kappa shape index (κ3) is 5.50. The maximum absolute atomic E-state index is 13.2. The number of carbonyl (C=O) groups excluding carboxylic acids is 1. The van der Waals surface area contributed by atoms with Gasteiger partial charge in [-0.3, -0.25) is 19.5 Å². The van der Waals surface area contributed by atoms with E-state index in [0.717, 1.165) is 42.0 Å². The van der Waals surface area contributed by atoms with Gasteiger partial charge in [0.2, 0.25) is 5.91 Å². The number of anilines is 1. The van der Waals surface area contributed by atoms with Crippen LogP contribution in [0.25, 0.3) is 0 Å². The molecule has 3 aromatic rings. The third-order valence-corrected chi connectivity index (χ3v) is 7.00. The number of carboxylic acids is 1. The highest BCUT2D eigenvalue weighted by Crippen LogP contribution is 2.38. The maximum Gasteiger partial charge on any atom is 0.303 e. The van der Waals surface area contributed by atoms with Gasteiger partial charge < -0.3 is 10.4 Å². The second kappa shape index (κ2) is 10.6. The zero-order valence-corrected chi connectivity index (χ0v) is 20.7. The minimum Gasteiger partial charge on any atom is -0.481 e. The van der Waals surface area contributed by atoms with Crippen LogP contribution in [-0.2, 0) is 22.6 Å². The monoisotopic (exact) mass is 501 g/mol. The Kier molecular flexibility index (Phi) is 7.16. The predicted octanol–water partition coefficient (Wildman–Crippen LogP) is 5.81. The van der Waals surface area contributed by atoms with Gasteiger partial charge in [0.15, 0.2) is 0 Å². The zero-order valence-electron chi connectivity index (χ0n) is 19.9. The van der Waals surface area contributed by atoms with E-state index in [1.54, 1.807) is 12.1 Å². The number of benzene rings is 3. The van der Waals surface area contributed by atoms with Crippen LogP contribution in [0, 0.1) is 0 Å². The third-order valence-electron chi connectivity index (χ3n) is 6.76. The van der Waals surface area contributed by atoms with Crippen molar-refractivity contribution in [1.82, 2.24) is 4.90 Å². The molecule has 0 aliphatic carbocycles. The Morgan fingerprint density at radius 3 is 2.56 bits per heavy atom. The van der Waals surface area contributed by atoms with E-state index >= 15 is 0 Å². The number of carboxylic acid groups (broad SMARTS) is 1. The Bertz CT molecular complexity index is 1310. The van der Waals surface area contributed by atoms with Crippen molar-refractivity contribution in [2.75, 3.05) is 18.4 Å². The Morgan fingerprint density at radius 2 is 1.81 bits per heavy atom. The van der Waals surface area contributed by atoms with Crippen LogP contribution in [0.15, 0.2) is 71.7 Å². The van der Waals surface area contributed by atoms with Crippen LogP contribution in [0.2, 0.25) is 5.02 Å². The quantitative estimate of drug-likeness (QED) is 0.382. The number of nitrogens with zero attached hydrogens (tertiary/aromatic N) is 2. The molecule has 5 rings (SSSR count). The largest absolute Gasteiger partial charge is 0.481 e. The summed E-state index contributed by atoms with van der Waals surface area (Å²) in [4.78, 5) is 31.7. The first-order chi connectivity index (χ1) is 17.5. The molecule has 184 valence electrons. The zero-order chi connectivity index (χ0) is 25.1. The number of fused-ring (bicyclic) bond motifs is 1. The van der Waals surface area contributed by atoms with Crippen molar-refractivity contribution in [3.05, 3.63) is 94.0 Å². The van der Waals surface area contributed by atoms with Gasteiger partial charge >= 0.3 is 5.97 Å². The van der Waals surface area contributed by atoms with Crippen molar-refractivity contribution in [2.45, 2.75) is 38.1 Å². The summed E-state index contributed by atoms with van der Waals surface area (Å²) in [7, 11) is 0. The van der Waals surface area contributed by atoms with Gasteiger partial charge in [-0.2, -0.15) is 0 Å². The standard InChI is InChI=1S/C29H28ClN3O3/c30-22-9-12-24-25(17-22)32-29(36)27(24)28(21-5-3-4-19(16-21)8-13-26(34)35)31-23-10-6-20(7-11-23)18-33-14-1-2-15-33/h3-7,9-12,16-17,27H,1-2,8,13-15,18H2,(H,32,36)(H,34,35). The average Bonchev–Trinajstić information content (AvgIpc) is 3.49. The van der Waals surface area contributed by atoms with Gasteiger partial charge in [0.1, 0.15) is 5.92 Å². The Balaban J connectivity index is 1.52. The van der Waals surface area contributed by atoms with E-state index in [-0.39, 0.29) is 12.3 Å². The minimum atomic E-state index is -0.843. The molecular formula is C29H28ClN3O3. The second-order valence-corrected chi connectivity index (χ2v) is 9.83. The van der Waals surface area contributed by atoms with Crippen LogP contribution < -0.4 is 5.32 Å². The SMILES string of the molecule is O=C(O)CCc1cccc(C(=Nc2ccc(CN3CCCC3)cc2)C2C(=O)Nc3cc(Cl)ccc32)c1. The number of aliphatic carboxylic acids is 1. The first kappa shape index (κ1) is 24.2. The highest BCUT2D eigenvalue weighted by molar-refractivity contribution is 6.31. The first-order valence-electron chi connectivity index (χ1n) is 12.3. The number of aryl methyl sites for hydroxylation is 1. The van der Waals surface area contributed by atoms with E-state index in [1.807, 2.05) is 42.5 Å². The molecule has 0 spiro atoms. The van der Waals surface area contributed by atoms with Gasteiger partial charge in [-0.25, -0.2) is 0 Å². The van der Waals surface area contributed by atoms with Gasteiger partial charge in [-0.15, -0.1) is 0 Å². The fourth-order valence-corrected chi connectivity index (χ4v) is 5.13. The highest BCUT2D eigenvalue weighted by atomic mass is 35.5. The number of hydrogen-bond donors (Lipinski definition) is 2. The van der Waals surface area contributed by atoms with Crippen LogP contribution in [0.3, 0.4) is 0 Å². The summed E-state index contributed by atoms with van der Waals surface area (Å²) in [5.41, 5.74) is 5.82. The molecular weight excluding hydrogens is 474 g/mol. The summed E-state index contributed by atoms with van der Waals surface area (Å²) in [6.07, 6.45) is 2.96. The van der Waals surface area contributed by atoms with Crippen LogP contribution >= 0.6 is 11.6 Å². The van der Waals surface area contributed by atoms with Crippen LogP contribution in [0.1, 0.15) is 47.4 Å². The molecule has 3 aromatic carbocycles. The maximum atomic E-state index is 13.2. The Labute approximate surface area is 215 Å². The molecule has 0 aromatic heterocycles. The number of likely N-dealkylation sites (tertiary alicyclic amines) is 1. The van der Waals surface area contributed by atoms with Gasteiger partial charge in [0.05, 0.1) is 11.4 Å². The number of nitrogens with one attached hydrogen (secondary N) is 1. The normalized spacial score (nSPS) is 17.8. The van der Waals surface area contributed by atoms with E-state index in [4.69, 9.17) is 21.7 Å². The number of carbonyl (C=O) groups is 2. The topological polar surface area (TPSA) is 82.0 Å². The van der Waals surface area contributed by atoms with Gasteiger partial charge in [0, 0.05) is 23.7 Å². The Hall–Kier alpha value is -3.48. The molecule has 1 fully saturated rings. The van der Waals surface area contributed by atoms with Crippen molar-refractivity contribution in [2.24, 2.45) is 4.99 Å². The van der Waals surface area contributed by atoms with E-state index in [9.17, 15) is 9.59 Å². The molecule has 7 heteroatoms. The van der Waals surface area contributed by atoms with Crippen molar-refractivity contribution in [1.29, 1.82) is 0 Å². The summed E-state index contributed by atoms with van der Waals surface area (Å²) in [6.45, 7) is 3.21. The average molecular weight is 502 g/mol. The molecule has 1 atom stereocenters. The molecule has 2 N–H and O–H groups in total. The predicted molar refractivity (Wildman–Crippen MR) is 142 cm³/mol. The molecule has 6 nitrogen and oxygen atoms in total. The van der Waals surface area contributed by atoms with Gasteiger partial charge in [-0.1, -0.05) is 48.0 Å². The van der Waals surface area contributed by atoms with Crippen LogP contribution in [0.5, 0.6) is 0 Å². The Morgan fingerprint density at radius 1 is 1.03 bits per heavy atom. The number of rotatable bonds is 8. The number of hydrogen-bond acceptors (Lipinski definition) is 4. The molecule has 0 radical (unpaired) electrons. The number of halogens is 1. The number of aliphatic imine (C=N–C) groups is 1. The summed E-state index contributed by atoms with van der Waals surface area (Å²) < 4.78 is 0. The number of amides is 1. The van der Waals surface area contributed by atoms with E-state index in [2.05, 4.69) is 22.3 Å². The molecule has 1 amide bonds. The highest BCUT2D eigenvalue weighted by Gasteiger charge is 2.35. The lowest BCUT2D eigenvalue weighted by atomic mass is 9.89. The van der Waals surface area contributed by atoms with E-state index < -0.39 is 11.9 Å². The van der Waals surface area contributed by atoms with Gasteiger partial charge in [0.25, 0.3) is 0 Å². The van der Waals surface area contributed by atoms with E-state index in [0.29, 0.717) is 22.8 Å². The fourth-order valence-electron chi connectivity index (χ4n) is 4.95. The molecule has 0 saturated carbocycles. The van der Waals surface area contributed by atoms with Crippen LogP contribution in [-0.4, -0.2) is 40.7 Å². The summed E-state index contributed by atoms with van der Waals surface area (Å²) in [5.74, 6) is -1.60. The van der Waals surface area contributed by atoms with Crippen molar-refractivity contribution >= 4 is 40.6 Å². The smallest absolute Gasteiger partial charge is 0.303 e. The van der Waals surface area contributed by atoms with Crippen LogP contribution in [0.4, 0.5) is 11.4 Å². The lowest BCUT2D eigenvalue weighted by Crippen LogP contribution is -2.22. The lowest BCUT2D eigenvalue weighted by molar-refractivity contribution is -0.137. The molecule has 1 saturated heterocycles. The summed E-state index contributed by atoms with van der Waals surface area (Å²) in [5, 5.41) is 12.6. The lowest BCUT2D eigenvalue weighted by Gasteiger charge is -2.16. The molecule has 2 heterocycles. The fraction of sp³-hybridized carbons (Fsp3) is 0.276. The molecule has 0 bridgehead atoms. The summed E-state index contributed by atoms with van der Waals surface area (Å²) in [6, 6.07) is 21.2. The molecule has 2 aliphatic heterocycles. The van der Waals surface area contributed by atoms with Gasteiger partial charge in [-0.05, 0) is 84.9 Å². The molecule has 36 heavy (non-hydrogen) atoms. The van der Waals surface area contributed by atoms with Crippen molar-refractivity contribution < 1.29 is 14.7 Å². The van der Waals surface area contributed by atoms with E-state index in [1.165, 1.54) is 18.4 Å². The first-order valence-corrected chi connectivity index (χ1v) is 12.7. The van der Waals surface area contributed by atoms with Crippen molar-refractivity contribution in [3.8, 4) is 0 Å². The van der Waals surface area contributed by atoms with Crippen molar-refractivity contribution in [3.63, 3.8) is 0 Å². The molecule has 2 aliphatic rings.